The number of halogens is 1. The van der Waals surface area contributed by atoms with Gasteiger partial charge in [0.05, 0.1) is 22.9 Å². The van der Waals surface area contributed by atoms with Crippen molar-refractivity contribution in [3.05, 3.63) is 75.7 Å². The lowest BCUT2D eigenvalue weighted by atomic mass is 10.1. The molecule has 0 radical (unpaired) electrons. The number of para-hydroxylation sites is 2. The summed E-state index contributed by atoms with van der Waals surface area (Å²) in [6, 6.07) is 14.2. The van der Waals surface area contributed by atoms with Crippen LogP contribution in [-0.4, -0.2) is 11.0 Å². The molecule has 0 fully saturated rings. The van der Waals surface area contributed by atoms with E-state index in [4.69, 9.17) is 16.3 Å². The van der Waals surface area contributed by atoms with Crippen LogP contribution in [0, 0.1) is 0 Å². The molecule has 2 amide bonds. The standard InChI is InChI=1S/C19H18ClN3O2S/c1-13(14-5-4-6-15(20)9-14)22-19(24)23-17-7-2-3-8-18(17)25-10-16-11-26-12-21-16/h2-9,11-13H,10H2,1H3,(H2,22,23,24)/t13-/m0/s1. The van der Waals surface area contributed by atoms with E-state index in [1.54, 1.807) is 17.6 Å². The summed E-state index contributed by atoms with van der Waals surface area (Å²) in [5.41, 5.74) is 4.14. The minimum Gasteiger partial charge on any atom is -0.485 e. The Labute approximate surface area is 161 Å². The van der Waals surface area contributed by atoms with Gasteiger partial charge in [-0.15, -0.1) is 11.3 Å². The van der Waals surface area contributed by atoms with E-state index >= 15 is 0 Å². The lowest BCUT2D eigenvalue weighted by molar-refractivity contribution is 0.249. The SMILES string of the molecule is C[C@H](NC(=O)Nc1ccccc1OCc1cscn1)c1cccc(Cl)c1. The highest BCUT2D eigenvalue weighted by molar-refractivity contribution is 7.07. The summed E-state index contributed by atoms with van der Waals surface area (Å²) in [7, 11) is 0. The number of hydrogen-bond acceptors (Lipinski definition) is 4. The van der Waals surface area contributed by atoms with Crippen LogP contribution in [0.15, 0.2) is 59.4 Å². The Kier molecular flexibility index (Phi) is 6.09. The fourth-order valence-corrected chi connectivity index (χ4v) is 3.11. The van der Waals surface area contributed by atoms with E-state index in [0.29, 0.717) is 23.1 Å². The predicted octanol–water partition coefficient (Wildman–Crippen LogP) is 5.26. The molecule has 26 heavy (non-hydrogen) atoms. The third-order valence-corrected chi connectivity index (χ3v) is 4.56. The van der Waals surface area contributed by atoms with Gasteiger partial charge in [-0.05, 0) is 36.8 Å². The van der Waals surface area contributed by atoms with Crippen LogP contribution in [0.5, 0.6) is 5.75 Å². The number of nitrogens with zero attached hydrogens (tertiary/aromatic N) is 1. The topological polar surface area (TPSA) is 63.2 Å². The molecular weight excluding hydrogens is 370 g/mol. The Hall–Kier alpha value is -2.57. The summed E-state index contributed by atoms with van der Waals surface area (Å²) in [4.78, 5) is 16.5. The minimum atomic E-state index is -0.317. The van der Waals surface area contributed by atoms with Crippen molar-refractivity contribution in [3.63, 3.8) is 0 Å². The first-order valence-electron chi connectivity index (χ1n) is 8.03. The quantitative estimate of drug-likeness (QED) is 0.606. The molecule has 0 bridgehead atoms. The molecule has 0 saturated heterocycles. The zero-order chi connectivity index (χ0) is 18.4. The number of anilines is 1. The molecule has 2 N–H and O–H groups in total. The van der Waals surface area contributed by atoms with E-state index < -0.39 is 0 Å². The number of benzene rings is 2. The normalized spacial score (nSPS) is 11.6. The van der Waals surface area contributed by atoms with Crippen LogP contribution in [0.1, 0.15) is 24.2 Å². The highest BCUT2D eigenvalue weighted by Crippen LogP contribution is 2.25. The second-order valence-corrected chi connectivity index (χ2v) is 6.79. The predicted molar refractivity (Wildman–Crippen MR) is 105 cm³/mol. The number of rotatable bonds is 6. The van der Waals surface area contributed by atoms with Crippen molar-refractivity contribution in [2.24, 2.45) is 0 Å². The fraction of sp³-hybridized carbons (Fsp3) is 0.158. The van der Waals surface area contributed by atoms with Gasteiger partial charge in [-0.2, -0.15) is 0 Å². The number of nitrogens with one attached hydrogen (secondary N) is 2. The number of urea groups is 1. The average Bonchev–Trinajstić information content (AvgIpc) is 3.14. The van der Waals surface area contributed by atoms with Gasteiger partial charge in [-0.3, -0.25) is 0 Å². The van der Waals surface area contributed by atoms with Crippen LogP contribution in [0.4, 0.5) is 10.5 Å². The molecule has 3 rings (SSSR count). The van der Waals surface area contributed by atoms with Gasteiger partial charge in [0.15, 0.2) is 0 Å². The van der Waals surface area contributed by atoms with E-state index in [0.717, 1.165) is 11.3 Å². The van der Waals surface area contributed by atoms with Gasteiger partial charge in [0, 0.05) is 10.4 Å². The van der Waals surface area contributed by atoms with Crippen molar-refractivity contribution in [1.29, 1.82) is 0 Å². The minimum absolute atomic E-state index is 0.184. The number of amides is 2. The highest BCUT2D eigenvalue weighted by Gasteiger charge is 2.12. The second kappa shape index (κ2) is 8.69. The fourth-order valence-electron chi connectivity index (χ4n) is 2.37. The molecule has 0 saturated carbocycles. The first-order valence-corrected chi connectivity index (χ1v) is 9.36. The summed E-state index contributed by atoms with van der Waals surface area (Å²) in [6.45, 7) is 2.25. The van der Waals surface area contributed by atoms with E-state index in [1.165, 1.54) is 11.3 Å². The van der Waals surface area contributed by atoms with Gasteiger partial charge in [-0.1, -0.05) is 35.9 Å². The van der Waals surface area contributed by atoms with Gasteiger partial charge < -0.3 is 15.4 Å². The summed E-state index contributed by atoms with van der Waals surface area (Å²) < 4.78 is 5.77. The monoisotopic (exact) mass is 387 g/mol. The number of carbonyl (C=O) groups excluding carboxylic acids is 1. The molecular formula is C19H18ClN3O2S. The maximum absolute atomic E-state index is 12.3. The molecule has 1 atom stereocenters. The Morgan fingerprint density at radius 1 is 1.27 bits per heavy atom. The Morgan fingerprint density at radius 2 is 2.12 bits per heavy atom. The molecule has 2 aromatic carbocycles. The van der Waals surface area contributed by atoms with Crippen LogP contribution in [0.25, 0.3) is 0 Å². The van der Waals surface area contributed by atoms with Gasteiger partial charge in [0.1, 0.15) is 12.4 Å². The van der Waals surface area contributed by atoms with Crippen LogP contribution >= 0.6 is 22.9 Å². The van der Waals surface area contributed by atoms with Crippen molar-refractivity contribution < 1.29 is 9.53 Å². The van der Waals surface area contributed by atoms with Crippen molar-refractivity contribution in [2.75, 3.05) is 5.32 Å². The van der Waals surface area contributed by atoms with Crippen LogP contribution < -0.4 is 15.4 Å². The smallest absolute Gasteiger partial charge is 0.319 e. The lowest BCUT2D eigenvalue weighted by Gasteiger charge is -2.17. The third kappa shape index (κ3) is 4.97. The van der Waals surface area contributed by atoms with Gasteiger partial charge >= 0.3 is 6.03 Å². The first-order chi connectivity index (χ1) is 12.6. The molecule has 0 aliphatic heterocycles. The second-order valence-electron chi connectivity index (χ2n) is 5.64. The molecule has 134 valence electrons. The van der Waals surface area contributed by atoms with E-state index in [-0.39, 0.29) is 12.1 Å². The Balaban J connectivity index is 1.62. The van der Waals surface area contributed by atoms with E-state index in [2.05, 4.69) is 15.6 Å². The van der Waals surface area contributed by atoms with Crippen molar-refractivity contribution in [3.8, 4) is 5.75 Å². The number of thiazole rings is 1. The zero-order valence-corrected chi connectivity index (χ0v) is 15.7. The maximum Gasteiger partial charge on any atom is 0.319 e. The van der Waals surface area contributed by atoms with Crippen molar-refractivity contribution in [1.82, 2.24) is 10.3 Å². The van der Waals surface area contributed by atoms with Crippen LogP contribution in [0.3, 0.4) is 0 Å². The summed E-state index contributed by atoms with van der Waals surface area (Å²) in [5.74, 6) is 0.589. The largest absolute Gasteiger partial charge is 0.485 e. The number of ether oxygens (including phenoxy) is 1. The summed E-state index contributed by atoms with van der Waals surface area (Å²) in [6.07, 6.45) is 0. The maximum atomic E-state index is 12.3. The summed E-state index contributed by atoms with van der Waals surface area (Å²) >= 11 is 7.52. The molecule has 1 aromatic heterocycles. The van der Waals surface area contributed by atoms with Crippen molar-refractivity contribution >= 4 is 34.7 Å². The number of aromatic nitrogens is 1. The van der Waals surface area contributed by atoms with Gasteiger partial charge in [0.25, 0.3) is 0 Å². The van der Waals surface area contributed by atoms with E-state index in [9.17, 15) is 4.79 Å². The van der Waals surface area contributed by atoms with Crippen LogP contribution in [0.2, 0.25) is 5.02 Å². The Morgan fingerprint density at radius 3 is 2.88 bits per heavy atom. The van der Waals surface area contributed by atoms with Crippen molar-refractivity contribution in [2.45, 2.75) is 19.6 Å². The highest BCUT2D eigenvalue weighted by atomic mass is 35.5. The van der Waals surface area contributed by atoms with Gasteiger partial charge in [0.2, 0.25) is 0 Å². The average molecular weight is 388 g/mol. The zero-order valence-electron chi connectivity index (χ0n) is 14.1. The number of carbonyl (C=O) groups is 1. The molecule has 1 heterocycles. The summed E-state index contributed by atoms with van der Waals surface area (Å²) in [5, 5.41) is 8.29. The number of hydrogen-bond donors (Lipinski definition) is 2. The molecule has 0 unspecified atom stereocenters. The lowest BCUT2D eigenvalue weighted by Crippen LogP contribution is -2.31. The Bertz CT molecular complexity index is 871. The first kappa shape index (κ1) is 18.2. The molecule has 5 nitrogen and oxygen atoms in total. The molecule has 7 heteroatoms. The van der Waals surface area contributed by atoms with Gasteiger partial charge in [-0.25, -0.2) is 9.78 Å². The molecule has 0 aliphatic carbocycles. The van der Waals surface area contributed by atoms with Crippen LogP contribution in [-0.2, 0) is 6.61 Å². The molecule has 0 spiro atoms. The van der Waals surface area contributed by atoms with E-state index in [1.807, 2.05) is 48.7 Å². The molecule has 3 aromatic rings. The third-order valence-electron chi connectivity index (χ3n) is 3.69. The molecule has 0 aliphatic rings.